The van der Waals surface area contributed by atoms with Gasteiger partial charge in [-0.05, 0) is 0 Å². The van der Waals surface area contributed by atoms with E-state index in [2.05, 4.69) is 10.2 Å². The van der Waals surface area contributed by atoms with Crippen LogP contribution < -0.4 is 0 Å². The molecule has 1 N–H and O–H groups in total. The van der Waals surface area contributed by atoms with Crippen LogP contribution in [0.5, 0.6) is 0 Å². The summed E-state index contributed by atoms with van der Waals surface area (Å²) in [6.07, 6.45) is 3.75. The Morgan fingerprint density at radius 3 is 2.56 bits per heavy atom. The van der Waals surface area contributed by atoms with Crippen molar-refractivity contribution >= 4 is 9.84 Å². The number of nitrogens with one attached hydrogen (secondary N) is 1. The van der Waals surface area contributed by atoms with Gasteiger partial charge in [0.1, 0.15) is 4.90 Å². The predicted octanol–water partition coefficient (Wildman–Crippen LogP) is -0.187. The lowest BCUT2D eigenvalue weighted by atomic mass is 10.7. The summed E-state index contributed by atoms with van der Waals surface area (Å²) in [6, 6.07) is 0. The lowest BCUT2D eigenvalue weighted by Crippen LogP contribution is -1.93. The molecule has 0 saturated heterocycles. The Kier molecular flexibility index (Phi) is 1.28. The quantitative estimate of drug-likeness (QED) is 0.597. The van der Waals surface area contributed by atoms with Gasteiger partial charge < -0.3 is 0 Å². The summed E-state index contributed by atoms with van der Waals surface area (Å²) in [5.41, 5.74) is 0. The first-order chi connectivity index (χ1) is 4.11. The minimum absolute atomic E-state index is 0.225. The van der Waals surface area contributed by atoms with Gasteiger partial charge in [-0.2, -0.15) is 5.10 Å². The second kappa shape index (κ2) is 1.84. The molecule has 0 unspecified atom stereocenters. The first-order valence-electron chi connectivity index (χ1n) is 2.29. The molecule has 1 rings (SSSR count). The minimum Gasteiger partial charge on any atom is -0.284 e. The normalized spacial score (nSPS) is 11.7. The molecule has 0 bridgehead atoms. The van der Waals surface area contributed by atoms with E-state index in [1.165, 1.54) is 12.4 Å². The number of sulfone groups is 1. The highest BCUT2D eigenvalue weighted by atomic mass is 32.2. The fourth-order valence-corrected chi connectivity index (χ4v) is 0.953. The zero-order valence-electron chi connectivity index (χ0n) is 4.83. The molecule has 1 aromatic heterocycles. The van der Waals surface area contributed by atoms with E-state index in [4.69, 9.17) is 0 Å². The molecule has 0 atom stereocenters. The molecule has 0 aromatic carbocycles. The molecule has 0 spiro atoms. The molecule has 50 valence electrons. The monoisotopic (exact) mass is 146 g/mol. The number of hydrogen-bond acceptors (Lipinski definition) is 3. The summed E-state index contributed by atoms with van der Waals surface area (Å²) in [4.78, 5) is 0.225. The fourth-order valence-electron chi connectivity index (χ4n) is 0.442. The van der Waals surface area contributed by atoms with Crippen LogP contribution in [0.25, 0.3) is 0 Å². The van der Waals surface area contributed by atoms with Crippen LogP contribution in [0.1, 0.15) is 0 Å². The van der Waals surface area contributed by atoms with E-state index in [1.807, 2.05) is 0 Å². The molecule has 0 aliphatic heterocycles. The van der Waals surface area contributed by atoms with Gasteiger partial charge in [0.25, 0.3) is 0 Å². The van der Waals surface area contributed by atoms with E-state index in [0.29, 0.717) is 0 Å². The number of H-pyrrole nitrogens is 1. The fraction of sp³-hybridized carbons (Fsp3) is 0.250. The molecule has 0 radical (unpaired) electrons. The summed E-state index contributed by atoms with van der Waals surface area (Å²) >= 11 is 0. The Balaban J connectivity index is 3.20. The van der Waals surface area contributed by atoms with E-state index in [1.54, 1.807) is 0 Å². The van der Waals surface area contributed by atoms with Gasteiger partial charge in [-0.25, -0.2) is 8.42 Å². The molecule has 0 aliphatic carbocycles. The van der Waals surface area contributed by atoms with Crippen molar-refractivity contribution in [3.05, 3.63) is 12.4 Å². The SMILES string of the molecule is CS(=O)(=O)c1cn[nH]c1. The molecule has 0 fully saturated rings. The Morgan fingerprint density at radius 2 is 2.33 bits per heavy atom. The molecule has 0 amide bonds. The van der Waals surface area contributed by atoms with Crippen molar-refractivity contribution in [2.45, 2.75) is 4.90 Å². The number of hydrogen-bond donors (Lipinski definition) is 1. The largest absolute Gasteiger partial charge is 0.284 e. The third-order valence-electron chi connectivity index (χ3n) is 0.901. The van der Waals surface area contributed by atoms with Gasteiger partial charge in [0.2, 0.25) is 0 Å². The van der Waals surface area contributed by atoms with Gasteiger partial charge in [-0.1, -0.05) is 0 Å². The number of aromatic amines is 1. The van der Waals surface area contributed by atoms with Crippen molar-refractivity contribution < 1.29 is 8.42 Å². The van der Waals surface area contributed by atoms with E-state index in [-0.39, 0.29) is 4.90 Å². The molecule has 5 heteroatoms. The third-order valence-corrected chi connectivity index (χ3v) is 1.98. The summed E-state index contributed by atoms with van der Waals surface area (Å²) in [6.45, 7) is 0. The van der Waals surface area contributed by atoms with E-state index < -0.39 is 9.84 Å². The van der Waals surface area contributed by atoms with Crippen LogP contribution in [0.2, 0.25) is 0 Å². The van der Waals surface area contributed by atoms with Crippen molar-refractivity contribution in [2.24, 2.45) is 0 Å². The molecule has 4 nitrogen and oxygen atoms in total. The van der Waals surface area contributed by atoms with Gasteiger partial charge in [0.05, 0.1) is 6.20 Å². The van der Waals surface area contributed by atoms with Gasteiger partial charge in [-0.15, -0.1) is 0 Å². The van der Waals surface area contributed by atoms with Crippen molar-refractivity contribution in [1.82, 2.24) is 10.2 Å². The second-order valence-electron chi connectivity index (χ2n) is 1.71. The summed E-state index contributed by atoms with van der Waals surface area (Å²) in [7, 11) is -3.05. The van der Waals surface area contributed by atoms with Crippen LogP contribution >= 0.6 is 0 Å². The lowest BCUT2D eigenvalue weighted by molar-refractivity contribution is 0.602. The molecule has 1 aromatic rings. The zero-order valence-corrected chi connectivity index (χ0v) is 5.64. The molecule has 0 aliphatic rings. The smallest absolute Gasteiger partial charge is 0.178 e. The van der Waals surface area contributed by atoms with Crippen molar-refractivity contribution in [1.29, 1.82) is 0 Å². The van der Waals surface area contributed by atoms with E-state index >= 15 is 0 Å². The summed E-state index contributed by atoms with van der Waals surface area (Å²) in [5.74, 6) is 0. The van der Waals surface area contributed by atoms with E-state index in [0.717, 1.165) is 6.26 Å². The van der Waals surface area contributed by atoms with E-state index in [9.17, 15) is 8.42 Å². The van der Waals surface area contributed by atoms with Crippen LogP contribution in [-0.2, 0) is 9.84 Å². The highest BCUT2D eigenvalue weighted by Gasteiger charge is 2.05. The van der Waals surface area contributed by atoms with Gasteiger partial charge >= 0.3 is 0 Å². The third kappa shape index (κ3) is 1.29. The molecule has 9 heavy (non-hydrogen) atoms. The maximum atomic E-state index is 10.6. The average molecular weight is 146 g/mol. The standard InChI is InChI=1S/C4H6N2O2S/c1-9(7,8)4-2-5-6-3-4/h2-3H,1H3,(H,5,6). The maximum Gasteiger partial charge on any atom is 0.178 e. The summed E-state index contributed by atoms with van der Waals surface area (Å²) < 4.78 is 21.3. The average Bonchev–Trinajstić information content (AvgIpc) is 2.08. The van der Waals surface area contributed by atoms with Crippen LogP contribution in [0, 0.1) is 0 Å². The van der Waals surface area contributed by atoms with Gasteiger partial charge in [-0.3, -0.25) is 5.10 Å². The first-order valence-corrected chi connectivity index (χ1v) is 4.18. The van der Waals surface area contributed by atoms with Crippen LogP contribution in [0.15, 0.2) is 17.3 Å². The Labute approximate surface area is 52.8 Å². The van der Waals surface area contributed by atoms with Crippen LogP contribution in [0.3, 0.4) is 0 Å². The number of aromatic nitrogens is 2. The van der Waals surface area contributed by atoms with Crippen LogP contribution in [-0.4, -0.2) is 24.9 Å². The minimum atomic E-state index is -3.05. The number of rotatable bonds is 1. The van der Waals surface area contributed by atoms with Gasteiger partial charge in [0.15, 0.2) is 9.84 Å². The number of nitrogens with zero attached hydrogens (tertiary/aromatic N) is 1. The Morgan fingerprint density at radius 1 is 1.67 bits per heavy atom. The van der Waals surface area contributed by atoms with Gasteiger partial charge in [0, 0.05) is 12.5 Å². The predicted molar refractivity (Wildman–Crippen MR) is 31.7 cm³/mol. The Bertz CT molecular complexity index is 274. The molecule has 0 saturated carbocycles. The lowest BCUT2D eigenvalue weighted by Gasteiger charge is -1.85. The molecule has 1 heterocycles. The van der Waals surface area contributed by atoms with Crippen LogP contribution in [0.4, 0.5) is 0 Å². The first kappa shape index (κ1) is 6.28. The topological polar surface area (TPSA) is 62.8 Å². The van der Waals surface area contributed by atoms with Crippen molar-refractivity contribution in [2.75, 3.05) is 6.26 Å². The summed E-state index contributed by atoms with van der Waals surface area (Å²) in [5, 5.41) is 5.89. The molecular formula is C4H6N2O2S. The van der Waals surface area contributed by atoms with Crippen molar-refractivity contribution in [3.63, 3.8) is 0 Å². The second-order valence-corrected chi connectivity index (χ2v) is 3.72. The molecular weight excluding hydrogens is 140 g/mol. The zero-order chi connectivity index (χ0) is 6.91. The highest BCUT2D eigenvalue weighted by Crippen LogP contribution is 2.02. The Hall–Kier alpha value is -0.840. The highest BCUT2D eigenvalue weighted by molar-refractivity contribution is 7.90. The maximum absolute atomic E-state index is 10.6. The van der Waals surface area contributed by atoms with Crippen molar-refractivity contribution in [3.8, 4) is 0 Å².